The highest BCUT2D eigenvalue weighted by atomic mass is 79.9. The quantitative estimate of drug-likeness (QED) is 0.672. The number of methoxy groups -OCH3 is 1. The Kier molecular flexibility index (Phi) is 3.89. The fourth-order valence-electron chi connectivity index (χ4n) is 2.06. The zero-order valence-corrected chi connectivity index (χ0v) is 14.0. The Morgan fingerprint density at radius 3 is 2.73 bits per heavy atom. The summed E-state index contributed by atoms with van der Waals surface area (Å²) in [5.74, 6) is 1.29. The lowest BCUT2D eigenvalue weighted by Crippen LogP contribution is -1.97. The van der Waals surface area contributed by atoms with E-state index in [1.54, 1.807) is 17.8 Å². The van der Waals surface area contributed by atoms with E-state index in [4.69, 9.17) is 4.74 Å². The molecule has 22 heavy (non-hydrogen) atoms. The molecule has 3 aromatic heterocycles. The molecule has 0 N–H and O–H groups in total. The second-order valence-corrected chi connectivity index (χ2v) is 5.56. The SMILES string of the molecule is COc1ccc(Br)nc1/C=C/c1nc2c(C)ncc(C)n2n1. The van der Waals surface area contributed by atoms with Crippen LogP contribution in [0.15, 0.2) is 22.9 Å². The van der Waals surface area contributed by atoms with Gasteiger partial charge in [-0.3, -0.25) is 4.98 Å². The molecule has 0 saturated carbocycles. The molecule has 7 heteroatoms. The fourth-order valence-corrected chi connectivity index (χ4v) is 2.39. The number of aryl methyl sites for hydroxylation is 2. The molecule has 0 radical (unpaired) electrons. The van der Waals surface area contributed by atoms with Gasteiger partial charge in [0.25, 0.3) is 0 Å². The molecule has 112 valence electrons. The summed E-state index contributed by atoms with van der Waals surface area (Å²) in [7, 11) is 1.61. The van der Waals surface area contributed by atoms with Crippen molar-refractivity contribution in [1.82, 2.24) is 24.6 Å². The molecule has 0 bridgehead atoms. The standard InChI is InChI=1S/C15H14BrN5O/c1-9-8-17-10(2)15-19-14(20-21(9)15)7-4-11-12(22-3)5-6-13(16)18-11/h4-8H,1-3H3/b7-4+. The molecule has 3 heterocycles. The summed E-state index contributed by atoms with van der Waals surface area (Å²) >= 11 is 3.35. The largest absolute Gasteiger partial charge is 0.494 e. The number of hydrogen-bond acceptors (Lipinski definition) is 5. The van der Waals surface area contributed by atoms with E-state index in [2.05, 4.69) is 36.0 Å². The highest BCUT2D eigenvalue weighted by Gasteiger charge is 2.07. The smallest absolute Gasteiger partial charge is 0.177 e. The van der Waals surface area contributed by atoms with Crippen molar-refractivity contribution in [2.24, 2.45) is 0 Å². The van der Waals surface area contributed by atoms with E-state index >= 15 is 0 Å². The van der Waals surface area contributed by atoms with Gasteiger partial charge in [-0.25, -0.2) is 14.5 Å². The molecule has 0 aliphatic heterocycles. The molecule has 6 nitrogen and oxygen atoms in total. The predicted molar refractivity (Wildman–Crippen MR) is 87.7 cm³/mol. The Bertz CT molecular complexity index is 833. The highest BCUT2D eigenvalue weighted by Crippen LogP contribution is 2.21. The van der Waals surface area contributed by atoms with E-state index in [1.165, 1.54) is 0 Å². The minimum atomic E-state index is 0.600. The van der Waals surface area contributed by atoms with E-state index in [-0.39, 0.29) is 0 Å². The molecule has 3 aromatic rings. The van der Waals surface area contributed by atoms with Crippen molar-refractivity contribution in [3.8, 4) is 5.75 Å². The lowest BCUT2D eigenvalue weighted by Gasteiger charge is -2.03. The number of hydrogen-bond donors (Lipinski definition) is 0. The molecular formula is C15H14BrN5O. The number of fused-ring (bicyclic) bond motifs is 1. The number of ether oxygens (including phenoxy) is 1. The summed E-state index contributed by atoms with van der Waals surface area (Å²) in [6.45, 7) is 3.86. The van der Waals surface area contributed by atoms with Crippen LogP contribution in [0.4, 0.5) is 0 Å². The normalized spacial score (nSPS) is 11.5. The zero-order valence-electron chi connectivity index (χ0n) is 12.4. The minimum absolute atomic E-state index is 0.600. The van der Waals surface area contributed by atoms with Crippen molar-refractivity contribution in [2.75, 3.05) is 7.11 Å². The van der Waals surface area contributed by atoms with Gasteiger partial charge in [0.05, 0.1) is 18.5 Å². The van der Waals surface area contributed by atoms with Crippen molar-refractivity contribution in [1.29, 1.82) is 0 Å². The molecule has 0 spiro atoms. The number of halogens is 1. The number of nitrogens with zero attached hydrogens (tertiary/aromatic N) is 5. The van der Waals surface area contributed by atoms with Crippen LogP contribution in [-0.2, 0) is 0 Å². The molecule has 0 fully saturated rings. The lowest BCUT2D eigenvalue weighted by atomic mass is 10.3. The Balaban J connectivity index is 2.01. The Hall–Kier alpha value is -2.28. The van der Waals surface area contributed by atoms with Crippen LogP contribution in [0.25, 0.3) is 17.8 Å². The molecule has 0 saturated heterocycles. The van der Waals surface area contributed by atoms with Gasteiger partial charge in [0.1, 0.15) is 16.0 Å². The maximum Gasteiger partial charge on any atom is 0.177 e. The maximum absolute atomic E-state index is 5.30. The molecule has 0 aromatic carbocycles. The second kappa shape index (κ2) is 5.84. The van der Waals surface area contributed by atoms with Crippen molar-refractivity contribution in [2.45, 2.75) is 13.8 Å². The first-order chi connectivity index (χ1) is 10.6. The first kappa shape index (κ1) is 14.6. The van der Waals surface area contributed by atoms with E-state index in [1.807, 2.05) is 38.1 Å². The van der Waals surface area contributed by atoms with Crippen molar-refractivity contribution >= 4 is 33.7 Å². The van der Waals surface area contributed by atoms with Crippen molar-refractivity contribution in [3.05, 3.63) is 45.8 Å². The van der Waals surface area contributed by atoms with Gasteiger partial charge < -0.3 is 4.74 Å². The highest BCUT2D eigenvalue weighted by molar-refractivity contribution is 9.10. The fraction of sp³-hybridized carbons (Fsp3) is 0.200. The van der Waals surface area contributed by atoms with Crippen LogP contribution in [0.3, 0.4) is 0 Å². The first-order valence-electron chi connectivity index (χ1n) is 6.66. The Morgan fingerprint density at radius 2 is 2.00 bits per heavy atom. The van der Waals surface area contributed by atoms with Crippen molar-refractivity contribution in [3.63, 3.8) is 0 Å². The average molecular weight is 360 g/mol. The molecule has 3 rings (SSSR count). The third kappa shape index (κ3) is 2.71. The van der Waals surface area contributed by atoms with Gasteiger partial charge in [0.2, 0.25) is 0 Å². The van der Waals surface area contributed by atoms with E-state index in [0.717, 1.165) is 21.6 Å². The Labute approximate surface area is 136 Å². The van der Waals surface area contributed by atoms with Crippen LogP contribution in [0, 0.1) is 13.8 Å². The van der Waals surface area contributed by atoms with Crippen LogP contribution >= 0.6 is 15.9 Å². The Morgan fingerprint density at radius 1 is 1.18 bits per heavy atom. The van der Waals surface area contributed by atoms with E-state index < -0.39 is 0 Å². The summed E-state index contributed by atoms with van der Waals surface area (Å²) in [6.07, 6.45) is 5.42. The predicted octanol–water partition coefficient (Wildman–Crippen LogP) is 3.08. The van der Waals surface area contributed by atoms with Gasteiger partial charge in [-0.05, 0) is 54.1 Å². The third-order valence-electron chi connectivity index (χ3n) is 3.19. The van der Waals surface area contributed by atoms with Gasteiger partial charge >= 0.3 is 0 Å². The summed E-state index contributed by atoms with van der Waals surface area (Å²) < 4.78 is 7.82. The molecule has 0 aliphatic carbocycles. The third-order valence-corrected chi connectivity index (χ3v) is 3.63. The second-order valence-electron chi connectivity index (χ2n) is 4.75. The molecule has 0 amide bonds. The summed E-state index contributed by atoms with van der Waals surface area (Å²) in [4.78, 5) is 13.2. The average Bonchev–Trinajstić information content (AvgIpc) is 2.95. The molecule has 0 atom stereocenters. The minimum Gasteiger partial charge on any atom is -0.494 e. The van der Waals surface area contributed by atoms with Gasteiger partial charge in [-0.15, -0.1) is 5.10 Å². The van der Waals surface area contributed by atoms with Crippen LogP contribution in [0.2, 0.25) is 0 Å². The van der Waals surface area contributed by atoms with Crippen molar-refractivity contribution < 1.29 is 4.74 Å². The maximum atomic E-state index is 5.30. The summed E-state index contributed by atoms with van der Waals surface area (Å²) in [6, 6.07) is 3.68. The topological polar surface area (TPSA) is 65.2 Å². The molecule has 0 unspecified atom stereocenters. The number of pyridine rings is 1. The number of aromatic nitrogens is 5. The van der Waals surface area contributed by atoms with Crippen LogP contribution in [0.1, 0.15) is 22.9 Å². The van der Waals surface area contributed by atoms with E-state index in [0.29, 0.717) is 17.3 Å². The molecule has 0 aliphatic rings. The zero-order chi connectivity index (χ0) is 15.7. The summed E-state index contributed by atoms with van der Waals surface area (Å²) in [5.41, 5.74) is 3.25. The monoisotopic (exact) mass is 359 g/mol. The van der Waals surface area contributed by atoms with E-state index in [9.17, 15) is 0 Å². The van der Waals surface area contributed by atoms with Crippen LogP contribution in [0.5, 0.6) is 5.75 Å². The summed E-state index contributed by atoms with van der Waals surface area (Å²) in [5, 5.41) is 4.46. The van der Waals surface area contributed by atoms with Crippen LogP contribution < -0.4 is 4.74 Å². The first-order valence-corrected chi connectivity index (χ1v) is 7.45. The van der Waals surface area contributed by atoms with Gasteiger partial charge in [-0.1, -0.05) is 0 Å². The lowest BCUT2D eigenvalue weighted by molar-refractivity contribution is 0.411. The van der Waals surface area contributed by atoms with Gasteiger partial charge in [0.15, 0.2) is 11.5 Å². The van der Waals surface area contributed by atoms with Gasteiger partial charge in [0, 0.05) is 6.20 Å². The number of rotatable bonds is 3. The van der Waals surface area contributed by atoms with Gasteiger partial charge in [-0.2, -0.15) is 0 Å². The molecular weight excluding hydrogens is 346 g/mol. The van der Waals surface area contributed by atoms with Crippen LogP contribution in [-0.4, -0.2) is 31.7 Å².